The molecule has 1 aliphatic heterocycles. The summed E-state index contributed by atoms with van der Waals surface area (Å²) in [5.74, 6) is -1.09. The quantitative estimate of drug-likeness (QED) is 0.910. The Balaban J connectivity index is 1.87. The van der Waals surface area contributed by atoms with Gasteiger partial charge in [0.2, 0.25) is 5.91 Å². The Morgan fingerprint density at radius 3 is 2.52 bits per heavy atom. The molecule has 0 saturated carbocycles. The number of hydrogen-bond donors (Lipinski definition) is 1. The highest BCUT2D eigenvalue weighted by atomic mass is 16.4. The largest absolute Gasteiger partial charge is 0.481 e. The van der Waals surface area contributed by atoms with Gasteiger partial charge in [-0.2, -0.15) is 0 Å². The zero-order valence-electron chi connectivity index (χ0n) is 14.3. The van der Waals surface area contributed by atoms with E-state index in [0.717, 1.165) is 23.2 Å². The summed E-state index contributed by atoms with van der Waals surface area (Å²) in [7, 11) is 1.80. The van der Waals surface area contributed by atoms with Crippen LogP contribution in [0.1, 0.15) is 17.5 Å². The smallest absolute Gasteiger partial charge is 0.305 e. The van der Waals surface area contributed by atoms with E-state index in [0.29, 0.717) is 13.1 Å². The summed E-state index contributed by atoms with van der Waals surface area (Å²) < 4.78 is 0. The minimum atomic E-state index is -0.965. The van der Waals surface area contributed by atoms with E-state index in [1.54, 1.807) is 16.8 Å². The average Bonchev–Trinajstić information content (AvgIpc) is 2.71. The van der Waals surface area contributed by atoms with Crippen molar-refractivity contribution < 1.29 is 14.7 Å². The third kappa shape index (κ3) is 3.82. The Hall–Kier alpha value is -2.82. The number of carboxylic acid groups (broad SMARTS) is 1. The molecular weight excluding hydrogens is 316 g/mol. The number of likely N-dealkylation sites (N-methyl/N-ethyl adjacent to an activating group) is 1. The summed E-state index contributed by atoms with van der Waals surface area (Å²) in [6.45, 7) is 1.07. The van der Waals surface area contributed by atoms with Crippen LogP contribution in [0.15, 0.2) is 54.6 Å². The molecule has 0 bridgehead atoms. The van der Waals surface area contributed by atoms with Crippen LogP contribution in [0, 0.1) is 0 Å². The molecule has 1 unspecified atom stereocenters. The van der Waals surface area contributed by atoms with Crippen LogP contribution in [0.5, 0.6) is 0 Å². The van der Waals surface area contributed by atoms with E-state index < -0.39 is 12.0 Å². The molecule has 2 aromatic rings. The molecule has 1 heterocycles. The highest BCUT2D eigenvalue weighted by molar-refractivity contribution is 5.90. The van der Waals surface area contributed by atoms with Crippen molar-refractivity contribution in [3.8, 4) is 0 Å². The fourth-order valence-corrected chi connectivity index (χ4v) is 3.30. The summed E-state index contributed by atoms with van der Waals surface area (Å²) in [6, 6.07) is 17.1. The maximum atomic E-state index is 13.0. The summed E-state index contributed by atoms with van der Waals surface area (Å²) in [4.78, 5) is 27.9. The number of nitrogens with zero attached hydrogens (tertiary/aromatic N) is 2. The predicted octanol–water partition coefficient (Wildman–Crippen LogP) is 2.55. The maximum Gasteiger partial charge on any atom is 0.305 e. The number of hydrogen-bond acceptors (Lipinski definition) is 3. The highest BCUT2D eigenvalue weighted by Crippen LogP contribution is 2.28. The topological polar surface area (TPSA) is 60.9 Å². The molecule has 25 heavy (non-hydrogen) atoms. The molecule has 5 nitrogen and oxygen atoms in total. The van der Waals surface area contributed by atoms with Crippen molar-refractivity contribution in [2.75, 3.05) is 18.5 Å². The van der Waals surface area contributed by atoms with Gasteiger partial charge in [0, 0.05) is 25.8 Å². The number of carbonyl (C=O) groups is 2. The Labute approximate surface area is 147 Å². The van der Waals surface area contributed by atoms with Crippen LogP contribution in [-0.2, 0) is 22.6 Å². The van der Waals surface area contributed by atoms with Crippen LogP contribution in [-0.4, -0.2) is 41.5 Å². The van der Waals surface area contributed by atoms with Crippen molar-refractivity contribution in [2.45, 2.75) is 25.4 Å². The van der Waals surface area contributed by atoms with E-state index in [-0.39, 0.29) is 12.3 Å². The second-order valence-electron chi connectivity index (χ2n) is 6.35. The zero-order valence-corrected chi connectivity index (χ0v) is 14.3. The lowest BCUT2D eigenvalue weighted by Gasteiger charge is -2.28. The van der Waals surface area contributed by atoms with Crippen molar-refractivity contribution in [2.24, 2.45) is 0 Å². The van der Waals surface area contributed by atoms with E-state index in [9.17, 15) is 14.7 Å². The van der Waals surface area contributed by atoms with Gasteiger partial charge in [-0.15, -0.1) is 0 Å². The minimum absolute atomic E-state index is 0.128. The third-order valence-electron chi connectivity index (χ3n) is 4.68. The molecule has 1 atom stereocenters. The van der Waals surface area contributed by atoms with E-state index in [1.807, 2.05) is 54.6 Å². The first-order chi connectivity index (χ1) is 12.1. The maximum absolute atomic E-state index is 13.0. The molecule has 1 N–H and O–H groups in total. The summed E-state index contributed by atoms with van der Waals surface area (Å²) in [5.41, 5.74) is 3.12. The number of aliphatic carboxylic acids is 1. The van der Waals surface area contributed by atoms with Crippen LogP contribution < -0.4 is 4.90 Å². The predicted molar refractivity (Wildman–Crippen MR) is 96.4 cm³/mol. The Bertz CT molecular complexity index is 761. The number of benzene rings is 2. The molecule has 0 aliphatic carbocycles. The van der Waals surface area contributed by atoms with Crippen molar-refractivity contribution in [1.29, 1.82) is 0 Å². The van der Waals surface area contributed by atoms with Gasteiger partial charge in [-0.25, -0.2) is 0 Å². The Morgan fingerprint density at radius 1 is 1.12 bits per heavy atom. The lowest BCUT2D eigenvalue weighted by Crippen LogP contribution is -2.46. The first kappa shape index (κ1) is 17.0. The highest BCUT2D eigenvalue weighted by Gasteiger charge is 2.34. The number of amides is 1. The van der Waals surface area contributed by atoms with Crippen LogP contribution in [0.4, 0.5) is 5.69 Å². The average molecular weight is 338 g/mol. The Kier molecular flexibility index (Phi) is 5.03. The number of rotatable bonds is 5. The van der Waals surface area contributed by atoms with Gasteiger partial charge >= 0.3 is 5.97 Å². The lowest BCUT2D eigenvalue weighted by atomic mass is 10.1. The van der Waals surface area contributed by atoms with Crippen LogP contribution in [0.2, 0.25) is 0 Å². The van der Waals surface area contributed by atoms with Crippen LogP contribution in [0.25, 0.3) is 0 Å². The molecule has 0 fully saturated rings. The third-order valence-corrected chi connectivity index (χ3v) is 4.68. The van der Waals surface area contributed by atoms with E-state index >= 15 is 0 Å². The normalized spacial score (nSPS) is 17.2. The van der Waals surface area contributed by atoms with Gasteiger partial charge in [0.25, 0.3) is 0 Å². The van der Waals surface area contributed by atoms with Crippen LogP contribution >= 0.6 is 0 Å². The van der Waals surface area contributed by atoms with Gasteiger partial charge in [0.15, 0.2) is 0 Å². The molecule has 5 heteroatoms. The van der Waals surface area contributed by atoms with Gasteiger partial charge in [-0.3, -0.25) is 9.59 Å². The fraction of sp³-hybridized carbons (Fsp3) is 0.300. The number of carboxylic acids is 1. The van der Waals surface area contributed by atoms with Gasteiger partial charge in [-0.1, -0.05) is 48.5 Å². The van der Waals surface area contributed by atoms with Crippen LogP contribution in [0.3, 0.4) is 0 Å². The Morgan fingerprint density at radius 2 is 1.80 bits per heavy atom. The molecule has 1 amide bonds. The summed E-state index contributed by atoms with van der Waals surface area (Å²) in [5, 5.41) is 9.24. The summed E-state index contributed by atoms with van der Waals surface area (Å²) >= 11 is 0. The van der Waals surface area contributed by atoms with Crippen molar-refractivity contribution >= 4 is 17.6 Å². The fourth-order valence-electron chi connectivity index (χ4n) is 3.30. The second-order valence-corrected chi connectivity index (χ2v) is 6.35. The van der Waals surface area contributed by atoms with Gasteiger partial charge in [0.1, 0.15) is 6.04 Å². The minimum Gasteiger partial charge on any atom is -0.481 e. The molecule has 0 spiro atoms. The lowest BCUT2D eigenvalue weighted by molar-refractivity contribution is -0.142. The number of carbonyl (C=O) groups excluding carboxylic acids is 1. The van der Waals surface area contributed by atoms with E-state index in [1.165, 1.54) is 0 Å². The molecule has 0 aromatic heterocycles. The van der Waals surface area contributed by atoms with Gasteiger partial charge in [-0.05, 0) is 23.6 Å². The zero-order chi connectivity index (χ0) is 17.8. The molecule has 3 rings (SSSR count). The molecule has 0 radical (unpaired) electrons. The van der Waals surface area contributed by atoms with Gasteiger partial charge in [0.05, 0.1) is 6.42 Å². The first-order valence-electron chi connectivity index (χ1n) is 8.41. The number of anilines is 1. The van der Waals surface area contributed by atoms with Gasteiger partial charge < -0.3 is 14.9 Å². The molecule has 130 valence electrons. The number of para-hydroxylation sites is 1. The monoisotopic (exact) mass is 338 g/mol. The first-order valence-corrected chi connectivity index (χ1v) is 8.41. The molecule has 1 aliphatic rings. The summed E-state index contributed by atoms with van der Waals surface area (Å²) in [6.07, 6.45) is 0.545. The van der Waals surface area contributed by atoms with Crippen molar-refractivity contribution in [3.05, 3.63) is 65.7 Å². The SMILES string of the molecule is CN1c2ccccc2CN(CCc2ccccc2)C(=O)C1CC(=O)O. The van der Waals surface area contributed by atoms with E-state index in [2.05, 4.69) is 0 Å². The van der Waals surface area contributed by atoms with Crippen molar-refractivity contribution in [3.63, 3.8) is 0 Å². The molecule has 2 aromatic carbocycles. The standard InChI is InChI=1S/C20H22N2O3/c1-21-17-10-6-5-9-16(17)14-22(20(25)18(21)13-19(23)24)12-11-15-7-3-2-4-8-15/h2-10,18H,11-14H2,1H3,(H,23,24). The number of fused-ring (bicyclic) bond motifs is 1. The molecule has 0 saturated heterocycles. The second kappa shape index (κ2) is 7.38. The van der Waals surface area contributed by atoms with E-state index in [4.69, 9.17) is 0 Å². The van der Waals surface area contributed by atoms with Crippen molar-refractivity contribution in [1.82, 2.24) is 4.90 Å². The molecular formula is C20H22N2O3.